The Morgan fingerprint density at radius 2 is 2.00 bits per heavy atom. The van der Waals surface area contributed by atoms with Crippen LogP contribution >= 0.6 is 23.2 Å². The van der Waals surface area contributed by atoms with Crippen molar-refractivity contribution >= 4 is 29.2 Å². The molecule has 0 amide bonds. The quantitative estimate of drug-likeness (QED) is 0.892. The molecule has 4 heteroatoms. The molecule has 0 spiro atoms. The minimum Gasteiger partial charge on any atom is -0.481 e. The molecule has 16 heavy (non-hydrogen) atoms. The summed E-state index contributed by atoms with van der Waals surface area (Å²) in [5, 5.41) is 10.2. The number of halogens is 2. The van der Waals surface area contributed by atoms with Crippen LogP contribution in [0.1, 0.15) is 19.4 Å². The fraction of sp³-hybridized carbons (Fsp3) is 0.417. The molecule has 1 aromatic carbocycles. The first kappa shape index (κ1) is 13.3. The van der Waals surface area contributed by atoms with Crippen molar-refractivity contribution in [2.75, 3.05) is 0 Å². The van der Waals surface area contributed by atoms with Gasteiger partial charge >= 0.3 is 5.97 Å². The zero-order valence-corrected chi connectivity index (χ0v) is 10.7. The van der Waals surface area contributed by atoms with Gasteiger partial charge in [0.15, 0.2) is 0 Å². The highest BCUT2D eigenvalue weighted by Crippen LogP contribution is 2.26. The molecule has 88 valence electrons. The van der Waals surface area contributed by atoms with E-state index in [-0.39, 0.29) is 5.92 Å². The number of carboxylic acids is 1. The lowest BCUT2D eigenvalue weighted by Crippen LogP contribution is -2.22. The summed E-state index contributed by atoms with van der Waals surface area (Å²) in [7, 11) is 0. The topological polar surface area (TPSA) is 37.3 Å². The second kappa shape index (κ2) is 5.55. The van der Waals surface area contributed by atoms with Gasteiger partial charge in [0.1, 0.15) is 0 Å². The highest BCUT2D eigenvalue weighted by Gasteiger charge is 2.22. The van der Waals surface area contributed by atoms with Gasteiger partial charge in [0, 0.05) is 10.0 Å². The number of rotatable bonds is 4. The molecule has 2 nitrogen and oxygen atoms in total. The molecule has 0 heterocycles. The second-order valence-corrected chi connectivity index (χ2v) is 4.97. The highest BCUT2D eigenvalue weighted by molar-refractivity contribution is 6.33. The summed E-state index contributed by atoms with van der Waals surface area (Å²) in [6, 6.07) is 5.11. The summed E-state index contributed by atoms with van der Waals surface area (Å²) in [5.41, 5.74) is 0.787. The largest absolute Gasteiger partial charge is 0.481 e. The molecule has 1 rings (SSSR count). The smallest absolute Gasteiger partial charge is 0.307 e. The first-order valence-electron chi connectivity index (χ1n) is 5.08. The van der Waals surface area contributed by atoms with Gasteiger partial charge in [-0.3, -0.25) is 4.79 Å². The zero-order valence-electron chi connectivity index (χ0n) is 9.21. The number of aliphatic carboxylic acids is 1. The van der Waals surface area contributed by atoms with Gasteiger partial charge in [-0.05, 0) is 36.1 Å². The lowest BCUT2D eigenvalue weighted by Gasteiger charge is -2.16. The van der Waals surface area contributed by atoms with Gasteiger partial charge in [0.05, 0.1) is 5.92 Å². The Morgan fingerprint density at radius 3 is 2.50 bits per heavy atom. The van der Waals surface area contributed by atoms with E-state index in [0.717, 1.165) is 5.56 Å². The number of carbonyl (C=O) groups is 1. The second-order valence-electron chi connectivity index (χ2n) is 4.13. The molecular formula is C12H14Cl2O2. The van der Waals surface area contributed by atoms with E-state index >= 15 is 0 Å². The minimum atomic E-state index is -0.800. The fourth-order valence-corrected chi connectivity index (χ4v) is 1.93. The maximum Gasteiger partial charge on any atom is 0.307 e. The first-order chi connectivity index (χ1) is 7.41. The molecular weight excluding hydrogens is 247 g/mol. The molecule has 0 bridgehead atoms. The standard InChI is InChI=1S/C12H14Cl2O2/c1-7(2)10(12(15)16)6-8-5-9(13)3-4-11(8)14/h3-5,7,10H,6H2,1-2H3,(H,15,16). The van der Waals surface area contributed by atoms with Crippen LogP contribution in [0.4, 0.5) is 0 Å². The summed E-state index contributed by atoms with van der Waals surface area (Å²) in [6.07, 6.45) is 0.409. The van der Waals surface area contributed by atoms with Crippen LogP contribution < -0.4 is 0 Å². The average Bonchev–Trinajstić information content (AvgIpc) is 2.18. The van der Waals surface area contributed by atoms with E-state index in [2.05, 4.69) is 0 Å². The van der Waals surface area contributed by atoms with Crippen molar-refractivity contribution in [2.45, 2.75) is 20.3 Å². The molecule has 1 aromatic rings. The molecule has 0 aliphatic rings. The van der Waals surface area contributed by atoms with Crippen LogP contribution in [0.3, 0.4) is 0 Å². The molecule has 1 atom stereocenters. The Labute approximate surface area is 105 Å². The Hall–Kier alpha value is -0.730. The van der Waals surface area contributed by atoms with Gasteiger partial charge in [0.2, 0.25) is 0 Å². The fourth-order valence-electron chi connectivity index (χ4n) is 1.54. The summed E-state index contributed by atoms with van der Waals surface area (Å²) in [5.74, 6) is -1.17. The van der Waals surface area contributed by atoms with Gasteiger partial charge in [0.25, 0.3) is 0 Å². The molecule has 0 fully saturated rings. The van der Waals surface area contributed by atoms with Crippen LogP contribution in [0.25, 0.3) is 0 Å². The summed E-state index contributed by atoms with van der Waals surface area (Å²) in [6.45, 7) is 3.77. The summed E-state index contributed by atoms with van der Waals surface area (Å²) in [4.78, 5) is 11.1. The van der Waals surface area contributed by atoms with E-state index in [1.165, 1.54) is 0 Å². The Kier molecular flexibility index (Phi) is 4.63. The molecule has 1 N–H and O–H groups in total. The van der Waals surface area contributed by atoms with E-state index in [9.17, 15) is 4.79 Å². The predicted molar refractivity (Wildman–Crippen MR) is 66.1 cm³/mol. The van der Waals surface area contributed by atoms with Crippen LogP contribution in [0.2, 0.25) is 10.0 Å². The number of carboxylic acid groups (broad SMARTS) is 1. The van der Waals surface area contributed by atoms with Crippen LogP contribution in [0.5, 0.6) is 0 Å². The van der Waals surface area contributed by atoms with Crippen LogP contribution in [0.15, 0.2) is 18.2 Å². The molecule has 0 radical (unpaired) electrons. The van der Waals surface area contributed by atoms with Crippen molar-refractivity contribution in [3.05, 3.63) is 33.8 Å². The normalized spacial score (nSPS) is 12.8. The highest BCUT2D eigenvalue weighted by atomic mass is 35.5. The van der Waals surface area contributed by atoms with Crippen molar-refractivity contribution in [1.82, 2.24) is 0 Å². The number of hydrogen-bond acceptors (Lipinski definition) is 1. The number of benzene rings is 1. The maximum atomic E-state index is 11.1. The van der Waals surface area contributed by atoms with Crippen LogP contribution in [0, 0.1) is 11.8 Å². The van der Waals surface area contributed by atoms with Gasteiger partial charge < -0.3 is 5.11 Å². The van der Waals surface area contributed by atoms with E-state index < -0.39 is 11.9 Å². The molecule has 1 unspecified atom stereocenters. The van der Waals surface area contributed by atoms with Crippen LogP contribution in [-0.2, 0) is 11.2 Å². The van der Waals surface area contributed by atoms with Crippen molar-refractivity contribution in [3.8, 4) is 0 Å². The Balaban J connectivity index is 2.93. The minimum absolute atomic E-state index is 0.0625. The van der Waals surface area contributed by atoms with Gasteiger partial charge in [-0.2, -0.15) is 0 Å². The first-order valence-corrected chi connectivity index (χ1v) is 5.84. The summed E-state index contributed by atoms with van der Waals surface area (Å²) < 4.78 is 0. The van der Waals surface area contributed by atoms with Crippen LogP contribution in [-0.4, -0.2) is 11.1 Å². The number of hydrogen-bond donors (Lipinski definition) is 1. The molecule has 0 aromatic heterocycles. The van der Waals surface area contributed by atoms with Gasteiger partial charge in [-0.15, -0.1) is 0 Å². The third kappa shape index (κ3) is 3.39. The van der Waals surface area contributed by atoms with Crippen molar-refractivity contribution < 1.29 is 9.90 Å². The van der Waals surface area contributed by atoms with E-state index in [4.69, 9.17) is 28.3 Å². The van der Waals surface area contributed by atoms with Crippen molar-refractivity contribution in [1.29, 1.82) is 0 Å². The predicted octanol–water partition coefficient (Wildman–Crippen LogP) is 3.89. The molecule has 0 saturated heterocycles. The lowest BCUT2D eigenvalue weighted by molar-refractivity contribution is -0.143. The Bertz CT molecular complexity index is 389. The molecule has 0 saturated carbocycles. The maximum absolute atomic E-state index is 11.1. The molecule has 0 aliphatic carbocycles. The third-order valence-corrected chi connectivity index (χ3v) is 3.17. The summed E-state index contributed by atoms with van der Waals surface area (Å²) >= 11 is 11.9. The Morgan fingerprint density at radius 1 is 1.38 bits per heavy atom. The SMILES string of the molecule is CC(C)C(Cc1cc(Cl)ccc1Cl)C(=O)O. The average molecular weight is 261 g/mol. The van der Waals surface area contributed by atoms with E-state index in [1.54, 1.807) is 18.2 Å². The van der Waals surface area contributed by atoms with Gasteiger partial charge in [-0.25, -0.2) is 0 Å². The third-order valence-electron chi connectivity index (χ3n) is 2.57. The van der Waals surface area contributed by atoms with Crippen molar-refractivity contribution in [3.63, 3.8) is 0 Å². The monoisotopic (exact) mass is 260 g/mol. The zero-order chi connectivity index (χ0) is 12.3. The molecule has 0 aliphatic heterocycles. The van der Waals surface area contributed by atoms with Crippen molar-refractivity contribution in [2.24, 2.45) is 11.8 Å². The van der Waals surface area contributed by atoms with E-state index in [1.807, 2.05) is 13.8 Å². The van der Waals surface area contributed by atoms with Gasteiger partial charge in [-0.1, -0.05) is 37.0 Å². The lowest BCUT2D eigenvalue weighted by atomic mass is 9.89. The van der Waals surface area contributed by atoms with E-state index in [0.29, 0.717) is 16.5 Å².